The maximum atomic E-state index is 6.56. The Kier molecular flexibility index (Phi) is 7.17. The molecule has 3 nitrogen and oxygen atoms in total. The Morgan fingerprint density at radius 2 is 0.964 bits per heavy atom. The highest BCUT2D eigenvalue weighted by Crippen LogP contribution is 2.43. The van der Waals surface area contributed by atoms with E-state index in [1.807, 2.05) is 12.1 Å². The number of para-hydroxylation sites is 4. The summed E-state index contributed by atoms with van der Waals surface area (Å²) in [5, 5.41) is 7.16. The fourth-order valence-corrected chi connectivity index (χ4v) is 8.31. The van der Waals surface area contributed by atoms with E-state index in [0.717, 1.165) is 50.3 Å². The molecule has 0 aliphatic rings. The quantitative estimate of drug-likeness (QED) is 0.172. The highest BCUT2D eigenvalue weighted by atomic mass is 16.3. The van der Waals surface area contributed by atoms with Crippen molar-refractivity contribution in [3.63, 3.8) is 0 Å². The molecule has 0 amide bonds. The first kappa shape index (κ1) is 31.2. The van der Waals surface area contributed by atoms with Gasteiger partial charge in [-0.15, -0.1) is 0 Å². The maximum absolute atomic E-state index is 6.56. The van der Waals surface area contributed by atoms with E-state index in [-0.39, 0.29) is 0 Å². The van der Waals surface area contributed by atoms with Gasteiger partial charge in [0.1, 0.15) is 5.58 Å². The molecule has 3 heteroatoms. The van der Waals surface area contributed by atoms with Crippen LogP contribution in [0, 0.1) is 0 Å². The lowest BCUT2D eigenvalue weighted by atomic mass is 9.99. The predicted molar refractivity (Wildman–Crippen MR) is 231 cm³/mol. The number of nitrogens with zero attached hydrogens (tertiary/aromatic N) is 2. The molecule has 0 unspecified atom stereocenters. The third-order valence-electron chi connectivity index (χ3n) is 11.0. The van der Waals surface area contributed by atoms with Crippen LogP contribution in [0.1, 0.15) is 0 Å². The Morgan fingerprint density at radius 3 is 1.78 bits per heavy atom. The third-order valence-corrected chi connectivity index (χ3v) is 11.0. The molecule has 0 saturated carbocycles. The van der Waals surface area contributed by atoms with Gasteiger partial charge in [-0.05, 0) is 93.7 Å². The average Bonchev–Trinajstić information content (AvgIpc) is 3.80. The fraction of sp³-hybridized carbons (Fsp3) is 0. The van der Waals surface area contributed by atoms with E-state index in [1.165, 1.54) is 49.3 Å². The first-order chi connectivity index (χ1) is 27.3. The fourth-order valence-electron chi connectivity index (χ4n) is 8.31. The van der Waals surface area contributed by atoms with Crippen LogP contribution in [0.2, 0.25) is 0 Å². The van der Waals surface area contributed by atoms with Gasteiger partial charge >= 0.3 is 0 Å². The van der Waals surface area contributed by atoms with Crippen LogP contribution in [-0.2, 0) is 0 Å². The Hall–Kier alpha value is -7.36. The molecule has 0 atom stereocenters. The van der Waals surface area contributed by atoms with Gasteiger partial charge in [0, 0.05) is 38.6 Å². The summed E-state index contributed by atoms with van der Waals surface area (Å²) in [6.45, 7) is 0. The molecule has 0 spiro atoms. The van der Waals surface area contributed by atoms with Gasteiger partial charge in [0.2, 0.25) is 0 Å². The van der Waals surface area contributed by atoms with E-state index in [0.29, 0.717) is 0 Å². The summed E-state index contributed by atoms with van der Waals surface area (Å²) in [5.41, 5.74) is 13.2. The van der Waals surface area contributed by atoms with Crippen molar-refractivity contribution in [3.8, 4) is 27.9 Å². The topological polar surface area (TPSA) is 21.3 Å². The second-order valence-corrected chi connectivity index (χ2v) is 14.2. The van der Waals surface area contributed by atoms with Crippen molar-refractivity contribution >= 4 is 71.6 Å². The largest absolute Gasteiger partial charge is 0.454 e. The lowest BCUT2D eigenvalue weighted by Gasteiger charge is -2.26. The average molecular weight is 703 g/mol. The molecule has 0 aliphatic heterocycles. The van der Waals surface area contributed by atoms with Gasteiger partial charge in [0.15, 0.2) is 5.58 Å². The maximum Gasteiger partial charge on any atom is 0.159 e. The summed E-state index contributed by atoms with van der Waals surface area (Å²) in [5.74, 6) is 0. The van der Waals surface area contributed by atoms with E-state index < -0.39 is 0 Å². The van der Waals surface area contributed by atoms with Crippen molar-refractivity contribution in [3.05, 3.63) is 206 Å². The summed E-state index contributed by atoms with van der Waals surface area (Å²) in [6.07, 6.45) is 0. The number of fused-ring (bicyclic) bond motifs is 7. The highest BCUT2D eigenvalue weighted by Gasteiger charge is 2.20. The molecular formula is C52H34N2O. The van der Waals surface area contributed by atoms with E-state index in [4.69, 9.17) is 4.42 Å². The first-order valence-corrected chi connectivity index (χ1v) is 18.8. The minimum Gasteiger partial charge on any atom is -0.454 e. The van der Waals surface area contributed by atoms with Crippen LogP contribution in [0.5, 0.6) is 0 Å². The first-order valence-electron chi connectivity index (χ1n) is 18.8. The van der Waals surface area contributed by atoms with Crippen molar-refractivity contribution in [2.75, 3.05) is 4.90 Å². The number of aromatic nitrogens is 1. The standard InChI is InChI=1S/C52H34N2O/c1-2-13-41(14-3-1)54-48-18-8-6-15-44(48)45-32-28-40(34-50(45)54)38-23-21-36(22-24-38)37-25-29-42(30-26-37)53(43-31-27-35-11-4-5-12-39(35)33-43)49-19-10-17-47-46-16-7-9-20-51(46)55-52(47)49/h1-34H. The number of furan rings is 1. The molecule has 11 aromatic rings. The Morgan fingerprint density at radius 1 is 0.364 bits per heavy atom. The van der Waals surface area contributed by atoms with Crippen molar-refractivity contribution in [1.29, 1.82) is 0 Å². The molecule has 2 aromatic heterocycles. The molecular weight excluding hydrogens is 669 g/mol. The second kappa shape index (κ2) is 12.6. The van der Waals surface area contributed by atoms with Crippen LogP contribution in [0.3, 0.4) is 0 Å². The van der Waals surface area contributed by atoms with Crippen LogP contribution in [-0.4, -0.2) is 4.57 Å². The van der Waals surface area contributed by atoms with Gasteiger partial charge in [-0.25, -0.2) is 0 Å². The van der Waals surface area contributed by atoms with Crippen molar-refractivity contribution in [1.82, 2.24) is 4.57 Å². The number of rotatable bonds is 6. The third kappa shape index (κ3) is 5.20. The van der Waals surface area contributed by atoms with Gasteiger partial charge in [-0.2, -0.15) is 0 Å². The number of hydrogen-bond donors (Lipinski definition) is 0. The van der Waals surface area contributed by atoms with Gasteiger partial charge in [0.05, 0.1) is 16.7 Å². The summed E-state index contributed by atoms with van der Waals surface area (Å²) in [7, 11) is 0. The summed E-state index contributed by atoms with van der Waals surface area (Å²) >= 11 is 0. The summed E-state index contributed by atoms with van der Waals surface area (Å²) in [6, 6.07) is 73.9. The van der Waals surface area contributed by atoms with Gasteiger partial charge in [0.25, 0.3) is 0 Å². The molecule has 258 valence electrons. The predicted octanol–water partition coefficient (Wildman–Crippen LogP) is 14.6. The lowest BCUT2D eigenvalue weighted by Crippen LogP contribution is -2.10. The van der Waals surface area contributed by atoms with E-state index in [2.05, 4.69) is 204 Å². The van der Waals surface area contributed by atoms with Crippen LogP contribution in [0.15, 0.2) is 211 Å². The highest BCUT2D eigenvalue weighted by molar-refractivity contribution is 6.11. The van der Waals surface area contributed by atoms with Gasteiger partial charge in [-0.3, -0.25) is 0 Å². The van der Waals surface area contributed by atoms with Gasteiger partial charge in [-0.1, -0.05) is 146 Å². The number of anilines is 3. The second-order valence-electron chi connectivity index (χ2n) is 14.2. The number of benzene rings is 9. The Labute approximate surface area is 318 Å². The monoisotopic (exact) mass is 702 g/mol. The molecule has 2 heterocycles. The molecule has 11 rings (SSSR count). The molecule has 0 aliphatic carbocycles. The molecule has 0 saturated heterocycles. The Bertz CT molecular complexity index is 3190. The van der Waals surface area contributed by atoms with Crippen LogP contribution in [0.25, 0.3) is 82.5 Å². The zero-order valence-electron chi connectivity index (χ0n) is 29.9. The van der Waals surface area contributed by atoms with Gasteiger partial charge < -0.3 is 13.9 Å². The minimum absolute atomic E-state index is 0.874. The SMILES string of the molecule is c1ccc(-n2c3ccccc3c3ccc(-c4ccc(-c5ccc(N(c6ccc7ccccc7c6)c6cccc7c6oc6ccccc67)cc5)cc4)cc32)cc1. The van der Waals surface area contributed by atoms with Crippen LogP contribution < -0.4 is 4.90 Å². The van der Waals surface area contributed by atoms with E-state index >= 15 is 0 Å². The molecule has 9 aromatic carbocycles. The molecule has 0 bridgehead atoms. The molecule has 0 fully saturated rings. The van der Waals surface area contributed by atoms with Crippen molar-refractivity contribution in [2.24, 2.45) is 0 Å². The number of hydrogen-bond acceptors (Lipinski definition) is 2. The lowest BCUT2D eigenvalue weighted by molar-refractivity contribution is 0.669. The molecule has 55 heavy (non-hydrogen) atoms. The molecule has 0 radical (unpaired) electrons. The van der Waals surface area contributed by atoms with Crippen molar-refractivity contribution < 1.29 is 4.42 Å². The zero-order chi connectivity index (χ0) is 36.3. The van der Waals surface area contributed by atoms with E-state index in [9.17, 15) is 0 Å². The van der Waals surface area contributed by atoms with Crippen LogP contribution in [0.4, 0.5) is 17.1 Å². The molecule has 0 N–H and O–H groups in total. The smallest absolute Gasteiger partial charge is 0.159 e. The van der Waals surface area contributed by atoms with E-state index in [1.54, 1.807) is 0 Å². The summed E-state index contributed by atoms with van der Waals surface area (Å²) in [4.78, 5) is 2.31. The summed E-state index contributed by atoms with van der Waals surface area (Å²) < 4.78 is 8.94. The Balaban J connectivity index is 0.969. The minimum atomic E-state index is 0.874. The van der Waals surface area contributed by atoms with Crippen LogP contribution >= 0.6 is 0 Å². The van der Waals surface area contributed by atoms with Crippen molar-refractivity contribution in [2.45, 2.75) is 0 Å². The normalized spacial score (nSPS) is 11.6. The zero-order valence-corrected chi connectivity index (χ0v) is 29.9.